The lowest BCUT2D eigenvalue weighted by Gasteiger charge is -2.09. The van der Waals surface area contributed by atoms with Crippen LogP contribution in [0.4, 0.5) is 0 Å². The number of carbonyl (C=O) groups is 1. The van der Waals surface area contributed by atoms with Gasteiger partial charge in [-0.1, -0.05) is 6.07 Å². The van der Waals surface area contributed by atoms with Gasteiger partial charge < -0.3 is 14.8 Å². The fourth-order valence-electron chi connectivity index (χ4n) is 1.97. The van der Waals surface area contributed by atoms with Gasteiger partial charge in [0.05, 0.1) is 6.61 Å². The first-order valence-corrected chi connectivity index (χ1v) is 7.19. The molecule has 0 saturated heterocycles. The molecule has 0 radical (unpaired) electrons. The summed E-state index contributed by atoms with van der Waals surface area (Å²) in [5.74, 6) is 0.789. The van der Waals surface area contributed by atoms with Gasteiger partial charge in [0.1, 0.15) is 12.4 Å². The van der Waals surface area contributed by atoms with Crippen molar-refractivity contribution in [1.82, 2.24) is 5.32 Å². The van der Waals surface area contributed by atoms with E-state index in [0.29, 0.717) is 19.6 Å². The number of hydrogen-bond acceptors (Lipinski definition) is 4. The number of benzene rings is 1. The molecule has 0 atom stereocenters. The maximum atomic E-state index is 11.1. The Labute approximate surface area is 121 Å². The van der Waals surface area contributed by atoms with Crippen LogP contribution in [-0.2, 0) is 9.53 Å². The van der Waals surface area contributed by atoms with E-state index < -0.39 is 0 Å². The summed E-state index contributed by atoms with van der Waals surface area (Å²) in [4.78, 5) is 11.1. The minimum absolute atomic E-state index is 0.124. The van der Waals surface area contributed by atoms with Gasteiger partial charge >= 0.3 is 5.97 Å². The van der Waals surface area contributed by atoms with Crippen LogP contribution >= 0.6 is 0 Å². The molecule has 4 nitrogen and oxygen atoms in total. The zero-order valence-corrected chi connectivity index (χ0v) is 12.7. The predicted octanol–water partition coefficient (Wildman–Crippen LogP) is 2.62. The molecular formula is C16H25NO3. The van der Waals surface area contributed by atoms with E-state index in [0.717, 1.165) is 25.3 Å². The van der Waals surface area contributed by atoms with Gasteiger partial charge in [-0.3, -0.25) is 4.79 Å². The molecule has 1 aromatic carbocycles. The second kappa shape index (κ2) is 9.37. The fourth-order valence-corrected chi connectivity index (χ4v) is 1.97. The number of hydrogen-bond donors (Lipinski definition) is 1. The summed E-state index contributed by atoms with van der Waals surface area (Å²) in [7, 11) is 0. The second-order valence-electron chi connectivity index (χ2n) is 4.83. The van der Waals surface area contributed by atoms with Crippen LogP contribution in [0.25, 0.3) is 0 Å². The Morgan fingerprint density at radius 1 is 1.15 bits per heavy atom. The van der Waals surface area contributed by atoms with Crippen molar-refractivity contribution in [3.63, 3.8) is 0 Å². The van der Waals surface area contributed by atoms with Crippen LogP contribution in [0.1, 0.15) is 30.9 Å². The van der Waals surface area contributed by atoms with Gasteiger partial charge in [-0.15, -0.1) is 0 Å². The Morgan fingerprint density at radius 3 is 2.50 bits per heavy atom. The Morgan fingerprint density at radius 2 is 1.85 bits per heavy atom. The highest BCUT2D eigenvalue weighted by molar-refractivity contribution is 5.69. The van der Waals surface area contributed by atoms with Crippen molar-refractivity contribution in [2.75, 3.05) is 26.3 Å². The van der Waals surface area contributed by atoms with Crippen LogP contribution in [0.5, 0.6) is 5.75 Å². The third-order valence-electron chi connectivity index (χ3n) is 2.78. The molecule has 1 aromatic rings. The van der Waals surface area contributed by atoms with Gasteiger partial charge in [-0.05, 0) is 57.0 Å². The zero-order valence-electron chi connectivity index (χ0n) is 12.7. The second-order valence-corrected chi connectivity index (χ2v) is 4.83. The molecule has 0 amide bonds. The minimum atomic E-state index is -0.124. The van der Waals surface area contributed by atoms with E-state index in [1.807, 2.05) is 19.1 Å². The Bertz CT molecular complexity index is 398. The largest absolute Gasteiger partial charge is 0.492 e. The number of esters is 1. The van der Waals surface area contributed by atoms with Crippen molar-refractivity contribution in [2.24, 2.45) is 0 Å². The van der Waals surface area contributed by atoms with Crippen LogP contribution in [0, 0.1) is 13.8 Å². The zero-order chi connectivity index (χ0) is 14.8. The molecule has 1 N–H and O–H groups in total. The number of ether oxygens (including phenoxy) is 2. The molecule has 20 heavy (non-hydrogen) atoms. The number of nitrogens with one attached hydrogen (secondary N) is 1. The van der Waals surface area contributed by atoms with E-state index in [1.165, 1.54) is 11.1 Å². The summed E-state index contributed by atoms with van der Waals surface area (Å²) in [5, 5.41) is 3.25. The van der Waals surface area contributed by atoms with E-state index in [1.54, 1.807) is 0 Å². The first kappa shape index (κ1) is 16.5. The molecule has 0 aliphatic rings. The Balaban J connectivity index is 2.06. The van der Waals surface area contributed by atoms with Crippen LogP contribution in [0.2, 0.25) is 0 Å². The van der Waals surface area contributed by atoms with E-state index >= 15 is 0 Å². The molecule has 0 fully saturated rings. The van der Waals surface area contributed by atoms with Crippen molar-refractivity contribution < 1.29 is 14.3 Å². The van der Waals surface area contributed by atoms with E-state index in [-0.39, 0.29) is 5.97 Å². The van der Waals surface area contributed by atoms with Crippen LogP contribution in [0.15, 0.2) is 18.2 Å². The first-order valence-electron chi connectivity index (χ1n) is 7.19. The predicted molar refractivity (Wildman–Crippen MR) is 80.1 cm³/mol. The summed E-state index contributed by atoms with van der Waals surface area (Å²) in [6.07, 6.45) is 1.27. The molecule has 0 bridgehead atoms. The number of rotatable bonds is 9. The average molecular weight is 279 g/mol. The normalized spacial score (nSPS) is 10.3. The topological polar surface area (TPSA) is 47.6 Å². The lowest BCUT2D eigenvalue weighted by atomic mass is 10.1. The fraction of sp³-hybridized carbons (Fsp3) is 0.562. The van der Waals surface area contributed by atoms with Gasteiger partial charge in [0, 0.05) is 13.0 Å². The highest BCUT2D eigenvalue weighted by Crippen LogP contribution is 2.15. The van der Waals surface area contributed by atoms with Gasteiger partial charge in [-0.25, -0.2) is 0 Å². The van der Waals surface area contributed by atoms with Crippen molar-refractivity contribution >= 4 is 5.97 Å². The SMILES string of the molecule is CCOC(=O)CCCNCCOc1cc(C)cc(C)c1. The van der Waals surface area contributed by atoms with Gasteiger partial charge in [0.15, 0.2) is 0 Å². The summed E-state index contributed by atoms with van der Waals surface area (Å²) in [6.45, 7) is 8.60. The molecule has 0 aromatic heterocycles. The summed E-state index contributed by atoms with van der Waals surface area (Å²) in [5.41, 5.74) is 2.42. The maximum absolute atomic E-state index is 11.1. The highest BCUT2D eigenvalue weighted by atomic mass is 16.5. The molecule has 112 valence electrons. The third-order valence-corrected chi connectivity index (χ3v) is 2.78. The molecule has 0 spiro atoms. The number of carbonyl (C=O) groups excluding carboxylic acids is 1. The van der Waals surface area contributed by atoms with Crippen LogP contribution < -0.4 is 10.1 Å². The van der Waals surface area contributed by atoms with Crippen molar-refractivity contribution in [3.8, 4) is 5.75 Å². The standard InChI is InChI=1S/C16H25NO3/c1-4-19-16(18)6-5-7-17-8-9-20-15-11-13(2)10-14(3)12-15/h10-12,17H,4-9H2,1-3H3. The van der Waals surface area contributed by atoms with Gasteiger partial charge in [-0.2, -0.15) is 0 Å². The Kier molecular flexibility index (Phi) is 7.73. The quantitative estimate of drug-likeness (QED) is 0.557. The van der Waals surface area contributed by atoms with Gasteiger partial charge in [0.2, 0.25) is 0 Å². The molecule has 0 unspecified atom stereocenters. The maximum Gasteiger partial charge on any atom is 0.305 e. The molecule has 0 aliphatic carbocycles. The van der Waals surface area contributed by atoms with Crippen molar-refractivity contribution in [3.05, 3.63) is 29.3 Å². The molecule has 0 heterocycles. The van der Waals surface area contributed by atoms with Gasteiger partial charge in [0.25, 0.3) is 0 Å². The average Bonchev–Trinajstić information content (AvgIpc) is 2.36. The van der Waals surface area contributed by atoms with Crippen molar-refractivity contribution in [2.45, 2.75) is 33.6 Å². The van der Waals surface area contributed by atoms with E-state index in [2.05, 4.69) is 25.2 Å². The molecular weight excluding hydrogens is 254 g/mol. The van der Waals surface area contributed by atoms with E-state index in [4.69, 9.17) is 9.47 Å². The molecule has 0 saturated carbocycles. The lowest BCUT2D eigenvalue weighted by Crippen LogP contribution is -2.22. The summed E-state index contributed by atoms with van der Waals surface area (Å²) < 4.78 is 10.5. The minimum Gasteiger partial charge on any atom is -0.492 e. The Hall–Kier alpha value is -1.55. The molecule has 1 rings (SSSR count). The highest BCUT2D eigenvalue weighted by Gasteiger charge is 2.00. The monoisotopic (exact) mass is 279 g/mol. The smallest absolute Gasteiger partial charge is 0.305 e. The van der Waals surface area contributed by atoms with Crippen LogP contribution in [0.3, 0.4) is 0 Å². The lowest BCUT2D eigenvalue weighted by molar-refractivity contribution is -0.143. The number of aryl methyl sites for hydroxylation is 2. The molecule has 0 aliphatic heterocycles. The van der Waals surface area contributed by atoms with Crippen LogP contribution in [-0.4, -0.2) is 32.3 Å². The van der Waals surface area contributed by atoms with E-state index in [9.17, 15) is 4.79 Å². The third kappa shape index (κ3) is 7.14. The summed E-state index contributed by atoms with van der Waals surface area (Å²) >= 11 is 0. The summed E-state index contributed by atoms with van der Waals surface area (Å²) in [6, 6.07) is 6.20. The first-order chi connectivity index (χ1) is 9.61. The molecule has 4 heteroatoms. The van der Waals surface area contributed by atoms with Crippen molar-refractivity contribution in [1.29, 1.82) is 0 Å².